The van der Waals surface area contributed by atoms with Crippen LogP contribution in [-0.4, -0.2) is 40.0 Å². The van der Waals surface area contributed by atoms with Gasteiger partial charge in [0.2, 0.25) is 0 Å². The van der Waals surface area contributed by atoms with Crippen LogP contribution >= 0.6 is 0 Å². The smallest absolute Gasteiger partial charge is 0.278 e. The van der Waals surface area contributed by atoms with Crippen molar-refractivity contribution < 1.29 is 0 Å². The van der Waals surface area contributed by atoms with E-state index in [9.17, 15) is 4.79 Å². The lowest BCUT2D eigenvalue weighted by Crippen LogP contribution is -2.32. The first-order valence-electron chi connectivity index (χ1n) is 9.56. The molecule has 0 spiro atoms. The monoisotopic (exact) mass is 363 g/mol. The molecule has 4 rings (SSSR count). The standard InChI is InChI=1S/C21H25N5O/c1-24(16-26-21(27)19-7-3-4-8-20(19)22-23-26)15-17-9-11-18(12-10-17)25-13-5-2-6-14-25/h3-4,7-12H,2,5-6,13-16H2,1H3. The van der Waals surface area contributed by atoms with Gasteiger partial charge in [-0.1, -0.05) is 29.5 Å². The molecule has 1 saturated heterocycles. The van der Waals surface area contributed by atoms with Gasteiger partial charge in [0.15, 0.2) is 0 Å². The van der Waals surface area contributed by atoms with E-state index in [1.165, 1.54) is 35.2 Å². The van der Waals surface area contributed by atoms with E-state index < -0.39 is 0 Å². The minimum absolute atomic E-state index is 0.104. The highest BCUT2D eigenvalue weighted by Gasteiger charge is 2.11. The normalized spacial score (nSPS) is 14.8. The molecule has 140 valence electrons. The number of hydrogen-bond acceptors (Lipinski definition) is 5. The molecule has 0 N–H and O–H groups in total. The topological polar surface area (TPSA) is 54.3 Å². The lowest BCUT2D eigenvalue weighted by atomic mass is 10.1. The molecule has 1 aromatic heterocycles. The zero-order valence-electron chi connectivity index (χ0n) is 15.7. The molecule has 0 bridgehead atoms. The number of piperidine rings is 1. The second-order valence-corrected chi connectivity index (χ2v) is 7.28. The Hall–Kier alpha value is -2.73. The largest absolute Gasteiger partial charge is 0.372 e. The van der Waals surface area contributed by atoms with E-state index >= 15 is 0 Å². The third kappa shape index (κ3) is 4.01. The van der Waals surface area contributed by atoms with Gasteiger partial charge in [0.1, 0.15) is 5.52 Å². The Bertz CT molecular complexity index is 960. The van der Waals surface area contributed by atoms with Gasteiger partial charge >= 0.3 is 0 Å². The molecule has 0 unspecified atom stereocenters. The molecule has 3 aromatic rings. The lowest BCUT2D eigenvalue weighted by molar-refractivity contribution is 0.236. The summed E-state index contributed by atoms with van der Waals surface area (Å²) in [6.07, 6.45) is 3.91. The summed E-state index contributed by atoms with van der Waals surface area (Å²) in [5.41, 5.74) is 3.06. The summed E-state index contributed by atoms with van der Waals surface area (Å²) in [7, 11) is 1.99. The Labute approximate surface area is 159 Å². The van der Waals surface area contributed by atoms with Crippen molar-refractivity contribution in [3.8, 4) is 0 Å². The predicted octanol–water partition coefficient (Wildman–Crippen LogP) is 2.87. The van der Waals surface area contributed by atoms with E-state index in [-0.39, 0.29) is 5.56 Å². The number of benzene rings is 2. The first kappa shape index (κ1) is 17.7. The van der Waals surface area contributed by atoms with Crippen LogP contribution in [0.25, 0.3) is 10.9 Å². The summed E-state index contributed by atoms with van der Waals surface area (Å²) in [5, 5.41) is 8.82. The fourth-order valence-electron chi connectivity index (χ4n) is 3.67. The summed E-state index contributed by atoms with van der Waals surface area (Å²) in [5.74, 6) is 0. The third-order valence-electron chi connectivity index (χ3n) is 5.11. The number of aromatic nitrogens is 3. The number of anilines is 1. The van der Waals surface area contributed by atoms with Crippen molar-refractivity contribution in [3.63, 3.8) is 0 Å². The van der Waals surface area contributed by atoms with E-state index in [0.29, 0.717) is 17.6 Å². The van der Waals surface area contributed by atoms with Crippen molar-refractivity contribution in [1.29, 1.82) is 0 Å². The molecule has 0 saturated carbocycles. The van der Waals surface area contributed by atoms with Crippen LogP contribution in [0.3, 0.4) is 0 Å². The SMILES string of the molecule is CN(Cc1ccc(N2CCCCC2)cc1)Cn1nnc2ccccc2c1=O. The highest BCUT2D eigenvalue weighted by atomic mass is 16.1. The molecule has 2 heterocycles. The van der Waals surface area contributed by atoms with Gasteiger partial charge in [0.25, 0.3) is 5.56 Å². The molecule has 1 aliphatic rings. The minimum Gasteiger partial charge on any atom is -0.372 e. The van der Waals surface area contributed by atoms with E-state index in [1.807, 2.05) is 25.2 Å². The zero-order valence-corrected chi connectivity index (χ0v) is 15.7. The zero-order chi connectivity index (χ0) is 18.6. The highest BCUT2D eigenvalue weighted by molar-refractivity contribution is 5.76. The maximum atomic E-state index is 12.6. The molecule has 6 nitrogen and oxygen atoms in total. The molecule has 0 atom stereocenters. The number of rotatable bonds is 5. The van der Waals surface area contributed by atoms with Gasteiger partial charge in [-0.15, -0.1) is 5.10 Å². The van der Waals surface area contributed by atoms with Gasteiger partial charge in [-0.3, -0.25) is 9.69 Å². The first-order chi connectivity index (χ1) is 13.2. The minimum atomic E-state index is -0.104. The van der Waals surface area contributed by atoms with Crippen molar-refractivity contribution in [2.24, 2.45) is 0 Å². The molecule has 1 fully saturated rings. The lowest BCUT2D eigenvalue weighted by Gasteiger charge is -2.29. The van der Waals surface area contributed by atoms with E-state index in [0.717, 1.165) is 19.6 Å². The molecule has 0 amide bonds. The molecular weight excluding hydrogens is 338 g/mol. The predicted molar refractivity (Wildman–Crippen MR) is 108 cm³/mol. The van der Waals surface area contributed by atoms with Crippen LogP contribution in [0.5, 0.6) is 0 Å². The van der Waals surface area contributed by atoms with Gasteiger partial charge in [-0.05, 0) is 56.1 Å². The maximum Gasteiger partial charge on any atom is 0.278 e. The number of nitrogens with zero attached hydrogens (tertiary/aromatic N) is 5. The Morgan fingerprint density at radius 2 is 1.74 bits per heavy atom. The summed E-state index contributed by atoms with van der Waals surface area (Å²) in [6, 6.07) is 16.1. The Morgan fingerprint density at radius 3 is 2.52 bits per heavy atom. The molecule has 2 aromatic carbocycles. The van der Waals surface area contributed by atoms with Gasteiger partial charge in [-0.25, -0.2) is 0 Å². The fourth-order valence-corrected chi connectivity index (χ4v) is 3.67. The van der Waals surface area contributed by atoms with Gasteiger partial charge < -0.3 is 4.90 Å². The second-order valence-electron chi connectivity index (χ2n) is 7.28. The van der Waals surface area contributed by atoms with Crippen molar-refractivity contribution in [1.82, 2.24) is 19.9 Å². The van der Waals surface area contributed by atoms with Crippen molar-refractivity contribution >= 4 is 16.6 Å². The van der Waals surface area contributed by atoms with Crippen LogP contribution in [0.1, 0.15) is 24.8 Å². The van der Waals surface area contributed by atoms with Crippen molar-refractivity contribution in [2.75, 3.05) is 25.0 Å². The van der Waals surface area contributed by atoms with Gasteiger partial charge in [0, 0.05) is 25.3 Å². The first-order valence-corrected chi connectivity index (χ1v) is 9.56. The molecule has 1 aliphatic heterocycles. The van der Waals surface area contributed by atoms with E-state index in [2.05, 4.69) is 44.4 Å². The number of fused-ring (bicyclic) bond motifs is 1. The average molecular weight is 363 g/mol. The molecule has 27 heavy (non-hydrogen) atoms. The Kier molecular flexibility index (Phi) is 5.16. The summed E-state index contributed by atoms with van der Waals surface area (Å²) in [4.78, 5) is 17.1. The van der Waals surface area contributed by atoms with Crippen LogP contribution in [0.4, 0.5) is 5.69 Å². The Morgan fingerprint density at radius 1 is 1.00 bits per heavy atom. The number of hydrogen-bond donors (Lipinski definition) is 0. The van der Waals surface area contributed by atoms with E-state index in [4.69, 9.17) is 0 Å². The van der Waals surface area contributed by atoms with Crippen molar-refractivity contribution in [2.45, 2.75) is 32.5 Å². The van der Waals surface area contributed by atoms with Crippen LogP contribution in [0.2, 0.25) is 0 Å². The molecule has 0 radical (unpaired) electrons. The maximum absolute atomic E-state index is 12.6. The van der Waals surface area contributed by atoms with Crippen LogP contribution in [0.15, 0.2) is 53.3 Å². The molecule has 6 heteroatoms. The van der Waals surface area contributed by atoms with E-state index in [1.54, 1.807) is 6.07 Å². The molecule has 0 aliphatic carbocycles. The van der Waals surface area contributed by atoms with Crippen LogP contribution in [-0.2, 0) is 13.2 Å². The van der Waals surface area contributed by atoms with Crippen LogP contribution in [0, 0.1) is 0 Å². The quantitative estimate of drug-likeness (QED) is 0.698. The molecular formula is C21H25N5O. The fraction of sp³-hybridized carbons (Fsp3) is 0.381. The highest BCUT2D eigenvalue weighted by Crippen LogP contribution is 2.20. The summed E-state index contributed by atoms with van der Waals surface area (Å²) < 4.78 is 1.42. The van der Waals surface area contributed by atoms with Crippen LogP contribution < -0.4 is 10.5 Å². The summed E-state index contributed by atoms with van der Waals surface area (Å²) in [6.45, 7) is 3.47. The van der Waals surface area contributed by atoms with Gasteiger partial charge in [0.05, 0.1) is 12.1 Å². The Balaban J connectivity index is 1.42. The second kappa shape index (κ2) is 7.88. The summed E-state index contributed by atoms with van der Waals surface area (Å²) >= 11 is 0. The average Bonchev–Trinajstić information content (AvgIpc) is 2.71. The van der Waals surface area contributed by atoms with Crippen molar-refractivity contribution in [3.05, 3.63) is 64.4 Å². The third-order valence-corrected chi connectivity index (χ3v) is 5.11. The van der Waals surface area contributed by atoms with Gasteiger partial charge in [-0.2, -0.15) is 4.68 Å².